The van der Waals surface area contributed by atoms with Crippen LogP contribution in [0.2, 0.25) is 0 Å². The van der Waals surface area contributed by atoms with Gasteiger partial charge in [0, 0.05) is 30.8 Å². The summed E-state index contributed by atoms with van der Waals surface area (Å²) < 4.78 is 7.17. The van der Waals surface area contributed by atoms with Crippen molar-refractivity contribution in [3.63, 3.8) is 0 Å². The number of benzene rings is 2. The summed E-state index contributed by atoms with van der Waals surface area (Å²) in [6.07, 6.45) is 3.11. The Bertz CT molecular complexity index is 915. The first kappa shape index (κ1) is 19.9. The minimum absolute atomic E-state index is 0. The average molecular weight is 400 g/mol. The Morgan fingerprint density at radius 3 is 2.68 bits per heavy atom. The van der Waals surface area contributed by atoms with Crippen LogP contribution in [0.4, 0.5) is 0 Å². The van der Waals surface area contributed by atoms with Gasteiger partial charge in [0.05, 0.1) is 18.8 Å². The van der Waals surface area contributed by atoms with E-state index in [1.54, 1.807) is 18.1 Å². The number of carbonyl (C=O) groups is 1. The van der Waals surface area contributed by atoms with E-state index in [1.807, 2.05) is 53.4 Å². The first-order chi connectivity index (χ1) is 13.3. The monoisotopic (exact) mass is 399 g/mol. The molecule has 1 saturated heterocycles. The van der Waals surface area contributed by atoms with Crippen molar-refractivity contribution >= 4 is 18.3 Å². The number of nitrogens with one attached hydrogen (secondary N) is 1. The molecule has 1 N–H and O–H groups in total. The van der Waals surface area contributed by atoms with E-state index in [2.05, 4.69) is 15.4 Å². The first-order valence-electron chi connectivity index (χ1n) is 8.87. The lowest BCUT2D eigenvalue weighted by Crippen LogP contribution is -2.48. The molecule has 1 atom stereocenters. The molecule has 1 aliphatic heterocycles. The molecule has 1 unspecified atom stereocenters. The lowest BCUT2D eigenvalue weighted by atomic mass is 10.0. The molecule has 28 heavy (non-hydrogen) atoms. The number of ether oxygens (including phenoxy) is 1. The summed E-state index contributed by atoms with van der Waals surface area (Å²) in [6.45, 7) is 2.12. The van der Waals surface area contributed by atoms with Crippen molar-refractivity contribution in [3.8, 4) is 11.4 Å². The van der Waals surface area contributed by atoms with Gasteiger partial charge in [-0.2, -0.15) is 5.10 Å². The molecule has 2 aromatic carbocycles. The number of amides is 1. The molecule has 1 fully saturated rings. The van der Waals surface area contributed by atoms with Crippen LogP contribution in [0.25, 0.3) is 5.69 Å². The lowest BCUT2D eigenvalue weighted by molar-refractivity contribution is 0.0631. The number of piperazine rings is 1. The van der Waals surface area contributed by atoms with Crippen LogP contribution in [-0.2, 0) is 0 Å². The van der Waals surface area contributed by atoms with Gasteiger partial charge in [0.1, 0.15) is 18.4 Å². The Balaban J connectivity index is 0.00000225. The van der Waals surface area contributed by atoms with Gasteiger partial charge in [-0.25, -0.2) is 9.67 Å². The van der Waals surface area contributed by atoms with Crippen LogP contribution in [-0.4, -0.2) is 52.3 Å². The van der Waals surface area contributed by atoms with Gasteiger partial charge in [-0.05, 0) is 30.3 Å². The molecule has 7 nitrogen and oxygen atoms in total. The van der Waals surface area contributed by atoms with Crippen molar-refractivity contribution in [2.75, 3.05) is 26.7 Å². The summed E-state index contributed by atoms with van der Waals surface area (Å²) >= 11 is 0. The fourth-order valence-corrected chi connectivity index (χ4v) is 3.43. The zero-order chi connectivity index (χ0) is 18.6. The molecular formula is C20H22ClN5O2. The molecule has 0 radical (unpaired) electrons. The smallest absolute Gasteiger partial charge is 0.254 e. The highest BCUT2D eigenvalue weighted by molar-refractivity contribution is 5.94. The summed E-state index contributed by atoms with van der Waals surface area (Å²) in [7, 11) is 1.66. The molecule has 2 heterocycles. The SMILES string of the molecule is COc1ccccc1C1CNCCN1C(=O)c1ccc(-n2cncn2)cc1.Cl. The number of aromatic nitrogens is 3. The van der Waals surface area contributed by atoms with Gasteiger partial charge in [0.15, 0.2) is 0 Å². The van der Waals surface area contributed by atoms with Crippen LogP contribution in [0.15, 0.2) is 61.2 Å². The highest BCUT2D eigenvalue weighted by atomic mass is 35.5. The number of rotatable bonds is 4. The zero-order valence-corrected chi connectivity index (χ0v) is 16.3. The van der Waals surface area contributed by atoms with Gasteiger partial charge >= 0.3 is 0 Å². The van der Waals surface area contributed by atoms with E-state index < -0.39 is 0 Å². The minimum Gasteiger partial charge on any atom is -0.496 e. The molecule has 146 valence electrons. The molecule has 1 amide bonds. The van der Waals surface area contributed by atoms with E-state index >= 15 is 0 Å². The van der Waals surface area contributed by atoms with Gasteiger partial charge in [0.25, 0.3) is 5.91 Å². The predicted octanol–water partition coefficient (Wildman–Crippen LogP) is 2.48. The second kappa shape index (κ2) is 8.86. The minimum atomic E-state index is -0.0719. The van der Waals surface area contributed by atoms with Crippen LogP contribution < -0.4 is 10.1 Å². The fourth-order valence-electron chi connectivity index (χ4n) is 3.43. The number of hydrogen-bond donors (Lipinski definition) is 1. The predicted molar refractivity (Wildman–Crippen MR) is 108 cm³/mol. The molecule has 8 heteroatoms. The van der Waals surface area contributed by atoms with Crippen molar-refractivity contribution in [2.45, 2.75) is 6.04 Å². The average Bonchev–Trinajstić information content (AvgIpc) is 3.28. The molecule has 3 aromatic rings. The third-order valence-corrected chi connectivity index (χ3v) is 4.80. The molecule has 1 aromatic heterocycles. The summed E-state index contributed by atoms with van der Waals surface area (Å²) in [6, 6.07) is 15.2. The van der Waals surface area contributed by atoms with Crippen molar-refractivity contribution in [2.24, 2.45) is 0 Å². The van der Waals surface area contributed by atoms with Gasteiger partial charge in [-0.1, -0.05) is 18.2 Å². The number of nitrogens with zero attached hydrogens (tertiary/aromatic N) is 4. The molecule has 4 rings (SSSR count). The van der Waals surface area contributed by atoms with Crippen LogP contribution in [0.5, 0.6) is 5.75 Å². The normalized spacial score (nSPS) is 16.3. The lowest BCUT2D eigenvalue weighted by Gasteiger charge is -2.37. The summed E-state index contributed by atoms with van der Waals surface area (Å²) in [5.74, 6) is 0.808. The van der Waals surface area contributed by atoms with Crippen molar-refractivity contribution in [3.05, 3.63) is 72.3 Å². The molecule has 0 aliphatic carbocycles. The molecule has 1 aliphatic rings. The van der Waals surface area contributed by atoms with Crippen LogP contribution in [0, 0.1) is 0 Å². The largest absolute Gasteiger partial charge is 0.496 e. The number of carbonyl (C=O) groups excluding carboxylic acids is 1. The first-order valence-corrected chi connectivity index (χ1v) is 8.87. The standard InChI is InChI=1S/C20H21N5O2.ClH/c1-27-19-5-3-2-4-17(19)18-12-21-10-11-24(18)20(26)15-6-8-16(9-7-15)25-14-22-13-23-25;/h2-9,13-14,18,21H,10-12H2,1H3;1H. The maximum absolute atomic E-state index is 13.2. The van der Waals surface area contributed by atoms with E-state index in [-0.39, 0.29) is 24.4 Å². The third-order valence-electron chi connectivity index (χ3n) is 4.80. The van der Waals surface area contributed by atoms with Gasteiger partial charge in [-0.15, -0.1) is 12.4 Å². The topological polar surface area (TPSA) is 72.3 Å². The number of methoxy groups -OCH3 is 1. The Hall–Kier alpha value is -2.90. The number of para-hydroxylation sites is 1. The van der Waals surface area contributed by atoms with Gasteiger partial charge in [-0.3, -0.25) is 4.79 Å². The molecule has 0 bridgehead atoms. The van der Waals surface area contributed by atoms with Crippen LogP contribution in [0.1, 0.15) is 22.0 Å². The second-order valence-corrected chi connectivity index (χ2v) is 6.35. The van der Waals surface area contributed by atoms with Gasteiger partial charge < -0.3 is 15.0 Å². The maximum Gasteiger partial charge on any atom is 0.254 e. The fraction of sp³-hybridized carbons (Fsp3) is 0.250. The van der Waals surface area contributed by atoms with E-state index in [9.17, 15) is 4.79 Å². The zero-order valence-electron chi connectivity index (χ0n) is 15.5. The maximum atomic E-state index is 13.2. The van der Waals surface area contributed by atoms with E-state index in [0.717, 1.165) is 23.5 Å². The number of halogens is 1. The van der Waals surface area contributed by atoms with E-state index in [1.165, 1.54) is 6.33 Å². The van der Waals surface area contributed by atoms with Gasteiger partial charge in [0.2, 0.25) is 0 Å². The molecule has 0 spiro atoms. The van der Waals surface area contributed by atoms with Crippen molar-refractivity contribution < 1.29 is 9.53 Å². The Morgan fingerprint density at radius 2 is 1.96 bits per heavy atom. The summed E-state index contributed by atoms with van der Waals surface area (Å²) in [5, 5.41) is 7.49. The third kappa shape index (κ3) is 3.85. The van der Waals surface area contributed by atoms with Crippen LogP contribution >= 0.6 is 12.4 Å². The summed E-state index contributed by atoms with van der Waals surface area (Å²) in [4.78, 5) is 19.1. The van der Waals surface area contributed by atoms with E-state index in [4.69, 9.17) is 4.74 Å². The number of hydrogen-bond acceptors (Lipinski definition) is 5. The Labute approximate surface area is 169 Å². The van der Waals surface area contributed by atoms with Crippen LogP contribution in [0.3, 0.4) is 0 Å². The molecule has 0 saturated carbocycles. The Kier molecular flexibility index (Phi) is 6.28. The quantitative estimate of drug-likeness (QED) is 0.729. The van der Waals surface area contributed by atoms with E-state index in [0.29, 0.717) is 18.7 Å². The Morgan fingerprint density at radius 1 is 1.18 bits per heavy atom. The molecular weight excluding hydrogens is 378 g/mol. The highest BCUT2D eigenvalue weighted by Crippen LogP contribution is 2.31. The van der Waals surface area contributed by atoms with Crippen molar-refractivity contribution in [1.82, 2.24) is 25.0 Å². The second-order valence-electron chi connectivity index (χ2n) is 6.35. The van der Waals surface area contributed by atoms with Crippen molar-refractivity contribution in [1.29, 1.82) is 0 Å². The highest BCUT2D eigenvalue weighted by Gasteiger charge is 2.30. The summed E-state index contributed by atoms with van der Waals surface area (Å²) in [5.41, 5.74) is 2.53.